The van der Waals surface area contributed by atoms with E-state index in [2.05, 4.69) is 21.3 Å². The number of nitrogens with zero attached hydrogens (tertiary/aromatic N) is 1. The molecule has 0 aliphatic carbocycles. The van der Waals surface area contributed by atoms with Gasteiger partial charge in [0.1, 0.15) is 30.5 Å². The Balaban J connectivity index is 1.92. The van der Waals surface area contributed by atoms with Crippen molar-refractivity contribution in [2.45, 2.75) is 85.0 Å². The fourth-order valence-electron chi connectivity index (χ4n) is 4.46. The van der Waals surface area contributed by atoms with Crippen molar-refractivity contribution < 1.29 is 51.3 Å². The summed E-state index contributed by atoms with van der Waals surface area (Å²) in [5.74, 6) is -6.21. The third kappa shape index (κ3) is 14.2. The van der Waals surface area contributed by atoms with Gasteiger partial charge in [0.05, 0.1) is 5.92 Å². The van der Waals surface area contributed by atoms with Crippen molar-refractivity contribution in [1.82, 2.24) is 20.9 Å². The van der Waals surface area contributed by atoms with Gasteiger partial charge in [-0.15, -0.1) is 0 Å². The molecule has 0 fully saturated rings. The zero-order chi connectivity index (χ0) is 36.9. The van der Waals surface area contributed by atoms with E-state index in [0.717, 1.165) is 4.90 Å². The number of unbranched alkanes of at least 4 members (excludes halogenated alkanes) is 2. The minimum absolute atomic E-state index is 0.0695. The lowest BCUT2D eigenvalue weighted by atomic mass is 10.0. The lowest BCUT2D eigenvalue weighted by Crippen LogP contribution is -2.58. The van der Waals surface area contributed by atoms with Gasteiger partial charge in [-0.3, -0.25) is 43.0 Å². The van der Waals surface area contributed by atoms with E-state index in [-0.39, 0.29) is 31.5 Å². The average Bonchev–Trinajstić information content (AvgIpc) is 3.33. The summed E-state index contributed by atoms with van der Waals surface area (Å²) in [5.41, 5.74) is 1.12. The van der Waals surface area contributed by atoms with Crippen LogP contribution in [0.25, 0.3) is 0 Å². The molecule has 6 amide bonds. The fraction of sp³-hybridized carbons (Fsp3) is 0.531. The average molecular weight is 708 g/mol. The van der Waals surface area contributed by atoms with Crippen molar-refractivity contribution in [3.05, 3.63) is 42.0 Å². The third-order valence-electron chi connectivity index (χ3n) is 7.29. The lowest BCUT2D eigenvalue weighted by molar-refractivity contribution is -0.148. The Morgan fingerprint density at radius 1 is 0.816 bits per heavy atom. The summed E-state index contributed by atoms with van der Waals surface area (Å²) >= 11 is 0. The van der Waals surface area contributed by atoms with E-state index < -0.39 is 75.4 Å². The van der Waals surface area contributed by atoms with Gasteiger partial charge in [-0.25, -0.2) is 0 Å². The van der Waals surface area contributed by atoms with Crippen LogP contribution in [0.5, 0.6) is 0 Å². The standard InChI is InChI=1S/C32H45N5O11S/c1-19(2)28(31(43)33-21(5)29(41)34-23-12-10-22(11-13-23)17-48-32(44)20(3)4)36-30(42)24(18-49(45,46)47)35-25(38)9-7-6-8-16-37-26(39)14-15-27(37)40/h10-15,19-21,24,28H,6-9,16-18H2,1-5H3,(H,33,43)(H,34,41)(H,35,38)(H,36,42)(H,45,46,47)/t21-,24-,28-/m1/s1. The van der Waals surface area contributed by atoms with Crippen LogP contribution >= 0.6 is 0 Å². The molecular weight excluding hydrogens is 662 g/mol. The van der Waals surface area contributed by atoms with Crippen LogP contribution in [-0.2, 0) is 55.0 Å². The van der Waals surface area contributed by atoms with Gasteiger partial charge < -0.3 is 26.0 Å². The molecule has 1 aromatic carbocycles. The van der Waals surface area contributed by atoms with E-state index in [1.54, 1.807) is 52.0 Å². The Morgan fingerprint density at radius 3 is 1.98 bits per heavy atom. The first-order valence-electron chi connectivity index (χ1n) is 15.8. The Hall–Kier alpha value is -4.64. The summed E-state index contributed by atoms with van der Waals surface area (Å²) in [6.07, 6.45) is 3.38. The maximum atomic E-state index is 13.1. The summed E-state index contributed by atoms with van der Waals surface area (Å²) in [6.45, 7) is 8.31. The normalized spacial score (nSPS) is 14.7. The monoisotopic (exact) mass is 707 g/mol. The van der Waals surface area contributed by atoms with E-state index in [4.69, 9.17) is 4.74 Å². The van der Waals surface area contributed by atoms with Gasteiger partial charge in [0, 0.05) is 30.8 Å². The second-order valence-corrected chi connectivity index (χ2v) is 13.7. The number of benzene rings is 1. The van der Waals surface area contributed by atoms with Crippen molar-refractivity contribution in [3.63, 3.8) is 0 Å². The van der Waals surface area contributed by atoms with Crippen LogP contribution in [0.1, 0.15) is 65.9 Å². The molecule has 0 bridgehead atoms. The highest BCUT2D eigenvalue weighted by molar-refractivity contribution is 7.85. The fourth-order valence-corrected chi connectivity index (χ4v) is 5.11. The van der Waals surface area contributed by atoms with E-state index in [1.807, 2.05) is 0 Å². The van der Waals surface area contributed by atoms with Crippen LogP contribution in [0.3, 0.4) is 0 Å². The summed E-state index contributed by atoms with van der Waals surface area (Å²) in [7, 11) is -4.74. The van der Waals surface area contributed by atoms with Gasteiger partial charge in [-0.1, -0.05) is 46.2 Å². The number of hydrogen-bond acceptors (Lipinski definition) is 10. The quantitative estimate of drug-likeness (QED) is 0.0585. The number of rotatable bonds is 19. The number of anilines is 1. The smallest absolute Gasteiger partial charge is 0.308 e. The van der Waals surface area contributed by atoms with Crippen molar-refractivity contribution in [1.29, 1.82) is 0 Å². The van der Waals surface area contributed by atoms with Gasteiger partial charge in [0.15, 0.2) is 0 Å². The number of imide groups is 1. The van der Waals surface area contributed by atoms with Gasteiger partial charge in [0.2, 0.25) is 23.6 Å². The summed E-state index contributed by atoms with van der Waals surface area (Å²) in [6, 6.07) is 2.48. The number of carbonyl (C=O) groups is 7. The maximum absolute atomic E-state index is 13.1. The summed E-state index contributed by atoms with van der Waals surface area (Å²) < 4.78 is 37.9. The molecule has 270 valence electrons. The molecule has 1 aliphatic rings. The molecule has 0 unspecified atom stereocenters. The largest absolute Gasteiger partial charge is 0.461 e. The van der Waals surface area contributed by atoms with Crippen LogP contribution in [0, 0.1) is 11.8 Å². The predicted molar refractivity (Wildman–Crippen MR) is 177 cm³/mol. The second kappa shape index (κ2) is 18.8. The molecule has 1 heterocycles. The SMILES string of the molecule is CC(C)C(=O)OCc1ccc(NC(=O)[C@@H](C)NC(=O)[C@H](NC(=O)[C@@H](CS(=O)(=O)O)NC(=O)CCCCCN2C(=O)C=CC2=O)C(C)C)cc1. The molecule has 0 aromatic heterocycles. The molecule has 3 atom stereocenters. The van der Waals surface area contributed by atoms with Crippen molar-refractivity contribution in [2.24, 2.45) is 11.8 Å². The van der Waals surface area contributed by atoms with Crippen LogP contribution in [0.15, 0.2) is 36.4 Å². The predicted octanol–water partition coefficient (Wildman–Crippen LogP) is 0.828. The highest BCUT2D eigenvalue weighted by atomic mass is 32.2. The maximum Gasteiger partial charge on any atom is 0.308 e. The number of carbonyl (C=O) groups excluding carboxylic acids is 7. The highest BCUT2D eigenvalue weighted by Gasteiger charge is 2.32. The van der Waals surface area contributed by atoms with Gasteiger partial charge in [0.25, 0.3) is 21.9 Å². The van der Waals surface area contributed by atoms with Gasteiger partial charge >= 0.3 is 5.97 Å². The van der Waals surface area contributed by atoms with Gasteiger partial charge in [-0.05, 0) is 43.4 Å². The molecule has 0 saturated carbocycles. The molecule has 49 heavy (non-hydrogen) atoms. The molecule has 16 nitrogen and oxygen atoms in total. The van der Waals surface area contributed by atoms with E-state index >= 15 is 0 Å². The zero-order valence-corrected chi connectivity index (χ0v) is 29.0. The molecule has 2 rings (SSSR count). The van der Waals surface area contributed by atoms with Crippen LogP contribution < -0.4 is 21.3 Å². The number of ether oxygens (including phenoxy) is 1. The number of amides is 6. The number of hydrogen-bond donors (Lipinski definition) is 5. The van der Waals surface area contributed by atoms with Crippen LogP contribution in [-0.4, -0.2) is 89.7 Å². The van der Waals surface area contributed by atoms with E-state index in [1.165, 1.54) is 19.1 Å². The van der Waals surface area contributed by atoms with Crippen molar-refractivity contribution >= 4 is 57.2 Å². The first kappa shape index (κ1) is 40.5. The van der Waals surface area contributed by atoms with Crippen LogP contribution in [0.2, 0.25) is 0 Å². The Kier molecular flexibility index (Phi) is 15.5. The van der Waals surface area contributed by atoms with Gasteiger partial charge in [-0.2, -0.15) is 8.42 Å². The first-order valence-corrected chi connectivity index (χ1v) is 17.4. The minimum atomic E-state index is -4.74. The van der Waals surface area contributed by atoms with E-state index in [9.17, 15) is 46.5 Å². The minimum Gasteiger partial charge on any atom is -0.461 e. The first-order chi connectivity index (χ1) is 22.9. The van der Waals surface area contributed by atoms with Crippen LogP contribution in [0.4, 0.5) is 5.69 Å². The zero-order valence-electron chi connectivity index (χ0n) is 28.2. The Morgan fingerprint density at radius 2 is 1.43 bits per heavy atom. The number of esters is 1. The van der Waals surface area contributed by atoms with E-state index in [0.29, 0.717) is 30.5 Å². The second-order valence-electron chi connectivity index (χ2n) is 12.2. The molecular formula is C32H45N5O11S. The summed E-state index contributed by atoms with van der Waals surface area (Å²) in [4.78, 5) is 87.5. The summed E-state index contributed by atoms with van der Waals surface area (Å²) in [5, 5.41) is 9.83. The molecule has 1 aliphatic heterocycles. The topological polar surface area (TPSA) is 234 Å². The Labute approximate surface area is 285 Å². The molecule has 0 spiro atoms. The van der Waals surface area contributed by atoms with Crippen molar-refractivity contribution in [3.8, 4) is 0 Å². The highest BCUT2D eigenvalue weighted by Crippen LogP contribution is 2.13. The number of nitrogens with one attached hydrogen (secondary N) is 4. The third-order valence-corrected chi connectivity index (χ3v) is 8.04. The molecule has 1 aromatic rings. The molecule has 5 N–H and O–H groups in total. The molecule has 0 saturated heterocycles. The molecule has 0 radical (unpaired) electrons. The van der Waals surface area contributed by atoms with Crippen molar-refractivity contribution in [2.75, 3.05) is 17.6 Å². The molecule has 17 heteroatoms. The Bertz CT molecular complexity index is 1510. The lowest BCUT2D eigenvalue weighted by Gasteiger charge is -2.26.